The fraction of sp³-hybridized carbons (Fsp3) is 0. The molecule has 0 aliphatic heterocycles. The quantitative estimate of drug-likeness (QED) is 0.334. The molecule has 1 atom stereocenters. The van der Waals surface area contributed by atoms with E-state index in [1.807, 2.05) is 10.7 Å². The van der Waals surface area contributed by atoms with E-state index in [9.17, 15) is 0 Å². The third kappa shape index (κ3) is 2.73. The molecule has 0 heterocycles. The van der Waals surface area contributed by atoms with Gasteiger partial charge in [0.2, 0.25) is 0 Å². The van der Waals surface area contributed by atoms with Crippen LogP contribution >= 0.6 is 9.24 Å². The summed E-state index contributed by atoms with van der Waals surface area (Å²) in [5.41, 5.74) is 0. The molecule has 0 nitrogen and oxygen atoms in total. The van der Waals surface area contributed by atoms with Crippen LogP contribution < -0.4 is 0 Å². The van der Waals surface area contributed by atoms with Gasteiger partial charge in [-0.15, -0.1) is 0 Å². The summed E-state index contributed by atoms with van der Waals surface area (Å²) in [5.74, 6) is 1.89. The summed E-state index contributed by atoms with van der Waals surface area (Å²) in [6.45, 7) is 0. The van der Waals surface area contributed by atoms with Gasteiger partial charge in [0.25, 0.3) is 0 Å². The number of hydrogen-bond donors (Lipinski definition) is 0. The van der Waals surface area contributed by atoms with Crippen LogP contribution in [0.4, 0.5) is 0 Å². The standard InChI is InChI=1S/C2H4AsP/c3-1-2-4/h1-2H,4H2/b2-1-. The molecule has 0 amide bonds. The van der Waals surface area contributed by atoms with Gasteiger partial charge < -0.3 is 0 Å². The Labute approximate surface area is 37.4 Å². The average molecular weight is 134 g/mol. The van der Waals surface area contributed by atoms with Crippen LogP contribution in [0, 0.1) is 0 Å². The third-order valence-electron chi connectivity index (χ3n) is 0.0861. The Balaban J connectivity index is 2.55. The van der Waals surface area contributed by atoms with Crippen LogP contribution in [0.5, 0.6) is 0 Å². The second-order valence-electron chi connectivity index (χ2n) is 0.342. The molecule has 0 aliphatic rings. The van der Waals surface area contributed by atoms with E-state index >= 15 is 0 Å². The van der Waals surface area contributed by atoms with E-state index in [1.54, 1.807) is 0 Å². The predicted molar refractivity (Wildman–Crippen MR) is 24.6 cm³/mol. The zero-order chi connectivity index (χ0) is 3.41. The first-order valence-corrected chi connectivity index (χ1v) is 2.67. The zero-order valence-corrected chi connectivity index (χ0v) is 5.21. The van der Waals surface area contributed by atoms with E-state index in [0.29, 0.717) is 0 Å². The van der Waals surface area contributed by atoms with Crippen LogP contribution in [0.1, 0.15) is 0 Å². The Bertz CT molecular complexity index is 21.2. The Morgan fingerprint density at radius 2 is 2.00 bits per heavy atom. The molecule has 4 heavy (non-hydrogen) atoms. The van der Waals surface area contributed by atoms with E-state index in [0.717, 1.165) is 0 Å². The Morgan fingerprint density at radius 3 is 2.00 bits per heavy atom. The van der Waals surface area contributed by atoms with Gasteiger partial charge in [-0.2, -0.15) is 0 Å². The third-order valence-corrected chi connectivity index (χ3v) is 1.34. The van der Waals surface area contributed by atoms with Gasteiger partial charge in [0, 0.05) is 0 Å². The van der Waals surface area contributed by atoms with Crippen molar-refractivity contribution in [3.05, 3.63) is 10.7 Å². The first-order chi connectivity index (χ1) is 1.91. The SMILES string of the molecule is P/C=C\[As]. The predicted octanol–water partition coefficient (Wildman–Crippen LogP) is 0.501. The van der Waals surface area contributed by atoms with Crippen molar-refractivity contribution in [1.82, 2.24) is 0 Å². The molecule has 22 valence electrons. The van der Waals surface area contributed by atoms with Crippen molar-refractivity contribution in [2.75, 3.05) is 0 Å². The average Bonchev–Trinajstić information content (AvgIpc) is 1.37. The summed E-state index contributed by atoms with van der Waals surface area (Å²) >= 11 is 2.34. The van der Waals surface area contributed by atoms with Crippen molar-refractivity contribution in [2.45, 2.75) is 0 Å². The molecule has 0 N–H and O–H groups in total. The molecular weight excluding hydrogens is 130 g/mol. The molecule has 0 aromatic rings. The van der Waals surface area contributed by atoms with Crippen molar-refractivity contribution in [1.29, 1.82) is 0 Å². The summed E-state index contributed by atoms with van der Waals surface area (Å²) in [7, 11) is 2.46. The summed E-state index contributed by atoms with van der Waals surface area (Å²) in [6, 6.07) is 0. The van der Waals surface area contributed by atoms with Crippen LogP contribution in [-0.4, -0.2) is 16.9 Å². The van der Waals surface area contributed by atoms with Gasteiger partial charge in [0.05, 0.1) is 0 Å². The summed E-state index contributed by atoms with van der Waals surface area (Å²) in [4.78, 5) is 1.90. The van der Waals surface area contributed by atoms with Crippen LogP contribution in [0.2, 0.25) is 0 Å². The molecule has 0 bridgehead atoms. The molecule has 2 radical (unpaired) electrons. The van der Waals surface area contributed by atoms with Crippen LogP contribution in [0.3, 0.4) is 0 Å². The van der Waals surface area contributed by atoms with Gasteiger partial charge >= 0.3 is 36.8 Å². The minimum absolute atomic E-state index is 1.89. The molecule has 0 aliphatic carbocycles. The van der Waals surface area contributed by atoms with E-state index in [-0.39, 0.29) is 0 Å². The van der Waals surface area contributed by atoms with Crippen molar-refractivity contribution in [3.8, 4) is 0 Å². The van der Waals surface area contributed by atoms with Crippen LogP contribution in [0.15, 0.2) is 10.7 Å². The molecule has 0 aromatic heterocycles. The van der Waals surface area contributed by atoms with Crippen LogP contribution in [0.25, 0.3) is 0 Å². The summed E-state index contributed by atoms with van der Waals surface area (Å²) < 4.78 is 0. The Hall–Kier alpha value is 0.728. The molecule has 0 fully saturated rings. The zero-order valence-electron chi connectivity index (χ0n) is 2.18. The fourth-order valence-corrected chi connectivity index (χ4v) is 0. The van der Waals surface area contributed by atoms with Gasteiger partial charge in [-0.25, -0.2) is 0 Å². The summed E-state index contributed by atoms with van der Waals surface area (Å²) in [6.07, 6.45) is 0. The van der Waals surface area contributed by atoms with E-state index in [2.05, 4.69) is 26.1 Å². The minimum atomic E-state index is 1.89. The maximum atomic E-state index is 2.46. The topological polar surface area (TPSA) is 0 Å². The maximum absolute atomic E-state index is 2.46. The van der Waals surface area contributed by atoms with Gasteiger partial charge in [0.15, 0.2) is 0 Å². The second-order valence-corrected chi connectivity index (χ2v) is 1.35. The molecule has 0 aromatic carbocycles. The first-order valence-electron chi connectivity index (χ1n) is 0.925. The van der Waals surface area contributed by atoms with E-state index in [1.165, 1.54) is 0 Å². The van der Waals surface area contributed by atoms with Crippen molar-refractivity contribution in [2.24, 2.45) is 0 Å². The van der Waals surface area contributed by atoms with Gasteiger partial charge in [-0.1, -0.05) is 0 Å². The van der Waals surface area contributed by atoms with Crippen molar-refractivity contribution < 1.29 is 0 Å². The van der Waals surface area contributed by atoms with Gasteiger partial charge in [-0.3, -0.25) is 0 Å². The normalized spacial score (nSPS) is 9.50. The van der Waals surface area contributed by atoms with Crippen molar-refractivity contribution in [3.63, 3.8) is 0 Å². The molecule has 1 unspecified atom stereocenters. The molecule has 0 saturated heterocycles. The second kappa shape index (κ2) is 3.73. The monoisotopic (exact) mass is 134 g/mol. The molecule has 0 saturated carbocycles. The van der Waals surface area contributed by atoms with Gasteiger partial charge in [0.1, 0.15) is 0 Å². The molecule has 2 heteroatoms. The van der Waals surface area contributed by atoms with Gasteiger partial charge in [-0.05, 0) is 0 Å². The first kappa shape index (κ1) is 4.73. The van der Waals surface area contributed by atoms with E-state index in [4.69, 9.17) is 0 Å². The summed E-state index contributed by atoms with van der Waals surface area (Å²) in [5, 5.41) is 0. The van der Waals surface area contributed by atoms with Crippen LogP contribution in [-0.2, 0) is 0 Å². The van der Waals surface area contributed by atoms with Crippen molar-refractivity contribution >= 4 is 26.1 Å². The molecule has 0 spiro atoms. The molecule has 0 rings (SSSR count). The fourth-order valence-electron chi connectivity index (χ4n) is 0. The Kier molecular flexibility index (Phi) is 4.41. The number of rotatable bonds is 0. The Morgan fingerprint density at radius 1 is 1.75 bits per heavy atom. The van der Waals surface area contributed by atoms with E-state index < -0.39 is 0 Å². The molecular formula is C2H4AsP. The number of hydrogen-bond acceptors (Lipinski definition) is 0.